The standard InChI is InChI=1S/C13H20ClNO2/c1-3-6-17-13-11(4-5-15)7-10(9-16-2)8-12(13)14/h7-8H,3-6,9,15H2,1-2H3. The highest BCUT2D eigenvalue weighted by molar-refractivity contribution is 6.32. The molecular formula is C13H20ClNO2. The van der Waals surface area contributed by atoms with Crippen LogP contribution < -0.4 is 10.5 Å². The van der Waals surface area contributed by atoms with Crippen molar-refractivity contribution in [3.63, 3.8) is 0 Å². The first-order valence-electron chi connectivity index (χ1n) is 5.86. The Kier molecular flexibility index (Phi) is 6.34. The molecule has 0 aliphatic carbocycles. The van der Waals surface area contributed by atoms with E-state index < -0.39 is 0 Å². The summed E-state index contributed by atoms with van der Waals surface area (Å²) < 4.78 is 10.8. The zero-order chi connectivity index (χ0) is 12.7. The monoisotopic (exact) mass is 257 g/mol. The number of halogens is 1. The lowest BCUT2D eigenvalue weighted by molar-refractivity contribution is 0.184. The van der Waals surface area contributed by atoms with E-state index in [1.165, 1.54) is 0 Å². The molecule has 0 unspecified atom stereocenters. The molecule has 96 valence electrons. The van der Waals surface area contributed by atoms with Crippen LogP contribution in [0, 0.1) is 0 Å². The first-order valence-corrected chi connectivity index (χ1v) is 6.23. The van der Waals surface area contributed by atoms with Crippen molar-refractivity contribution in [2.45, 2.75) is 26.4 Å². The van der Waals surface area contributed by atoms with E-state index in [0.29, 0.717) is 24.8 Å². The van der Waals surface area contributed by atoms with Crippen LogP contribution in [0.1, 0.15) is 24.5 Å². The van der Waals surface area contributed by atoms with E-state index in [9.17, 15) is 0 Å². The van der Waals surface area contributed by atoms with Crippen LogP contribution in [0.3, 0.4) is 0 Å². The molecule has 3 nitrogen and oxygen atoms in total. The molecule has 1 aromatic rings. The lowest BCUT2D eigenvalue weighted by Crippen LogP contribution is -2.07. The highest BCUT2D eigenvalue weighted by Gasteiger charge is 2.10. The van der Waals surface area contributed by atoms with Crippen molar-refractivity contribution in [1.82, 2.24) is 0 Å². The Labute approximate surface area is 108 Å². The Bertz CT molecular complexity index is 356. The van der Waals surface area contributed by atoms with Gasteiger partial charge in [-0.2, -0.15) is 0 Å². The van der Waals surface area contributed by atoms with Crippen LogP contribution >= 0.6 is 11.6 Å². The maximum Gasteiger partial charge on any atom is 0.141 e. The van der Waals surface area contributed by atoms with Gasteiger partial charge in [0.2, 0.25) is 0 Å². The second kappa shape index (κ2) is 7.54. The van der Waals surface area contributed by atoms with Gasteiger partial charge in [0.05, 0.1) is 18.2 Å². The quantitative estimate of drug-likeness (QED) is 0.817. The third kappa shape index (κ3) is 4.19. The van der Waals surface area contributed by atoms with E-state index in [1.807, 2.05) is 12.1 Å². The van der Waals surface area contributed by atoms with Crippen molar-refractivity contribution in [2.75, 3.05) is 20.3 Å². The normalized spacial score (nSPS) is 10.6. The second-order valence-electron chi connectivity index (χ2n) is 3.89. The molecule has 0 saturated carbocycles. The summed E-state index contributed by atoms with van der Waals surface area (Å²) in [6, 6.07) is 3.93. The maximum absolute atomic E-state index is 6.22. The third-order valence-corrected chi connectivity index (χ3v) is 2.64. The van der Waals surface area contributed by atoms with Gasteiger partial charge in [0.1, 0.15) is 5.75 Å². The van der Waals surface area contributed by atoms with Crippen LogP contribution in [0.5, 0.6) is 5.75 Å². The molecule has 17 heavy (non-hydrogen) atoms. The summed E-state index contributed by atoms with van der Waals surface area (Å²) in [4.78, 5) is 0. The molecule has 0 bridgehead atoms. The molecule has 4 heteroatoms. The first kappa shape index (κ1) is 14.3. The Hall–Kier alpha value is -0.770. The summed E-state index contributed by atoms with van der Waals surface area (Å²) in [6.45, 7) is 3.86. The lowest BCUT2D eigenvalue weighted by atomic mass is 10.1. The zero-order valence-corrected chi connectivity index (χ0v) is 11.2. The molecule has 0 aliphatic heterocycles. The van der Waals surface area contributed by atoms with E-state index >= 15 is 0 Å². The number of benzene rings is 1. The van der Waals surface area contributed by atoms with Crippen molar-refractivity contribution in [1.29, 1.82) is 0 Å². The summed E-state index contributed by atoms with van der Waals surface area (Å²) in [7, 11) is 1.66. The van der Waals surface area contributed by atoms with Crippen LogP contribution in [0.25, 0.3) is 0 Å². The summed E-state index contributed by atoms with van der Waals surface area (Å²) >= 11 is 6.22. The van der Waals surface area contributed by atoms with Gasteiger partial charge < -0.3 is 15.2 Å². The molecule has 0 radical (unpaired) electrons. The van der Waals surface area contributed by atoms with E-state index in [2.05, 4.69) is 6.92 Å². The average Bonchev–Trinajstić information content (AvgIpc) is 2.29. The van der Waals surface area contributed by atoms with Gasteiger partial charge in [-0.15, -0.1) is 0 Å². The van der Waals surface area contributed by atoms with E-state index in [4.69, 9.17) is 26.8 Å². The van der Waals surface area contributed by atoms with Crippen LogP contribution in [0.4, 0.5) is 0 Å². The minimum atomic E-state index is 0.547. The zero-order valence-electron chi connectivity index (χ0n) is 10.5. The van der Waals surface area contributed by atoms with Gasteiger partial charge in [0.15, 0.2) is 0 Å². The number of hydrogen-bond acceptors (Lipinski definition) is 3. The van der Waals surface area contributed by atoms with Crippen molar-refractivity contribution in [2.24, 2.45) is 5.73 Å². The smallest absolute Gasteiger partial charge is 0.141 e. The summed E-state index contributed by atoms with van der Waals surface area (Å²) in [5.41, 5.74) is 7.70. The van der Waals surface area contributed by atoms with Crippen LogP contribution in [0.2, 0.25) is 5.02 Å². The molecule has 0 aromatic heterocycles. The van der Waals surface area contributed by atoms with Gasteiger partial charge in [-0.25, -0.2) is 0 Å². The summed E-state index contributed by atoms with van der Waals surface area (Å²) in [5.74, 6) is 0.763. The minimum absolute atomic E-state index is 0.547. The van der Waals surface area contributed by atoms with Crippen molar-refractivity contribution >= 4 is 11.6 Å². The molecule has 2 N–H and O–H groups in total. The minimum Gasteiger partial charge on any atom is -0.492 e. The first-order chi connectivity index (χ1) is 8.22. The molecule has 1 aromatic carbocycles. The predicted octanol–water partition coefficient (Wildman–Crippen LogP) is 2.78. The highest BCUT2D eigenvalue weighted by atomic mass is 35.5. The molecular weight excluding hydrogens is 238 g/mol. The number of methoxy groups -OCH3 is 1. The van der Waals surface area contributed by atoms with Gasteiger partial charge in [-0.3, -0.25) is 0 Å². The summed E-state index contributed by atoms with van der Waals surface area (Å²) in [5, 5.41) is 0.636. The van der Waals surface area contributed by atoms with Gasteiger partial charge in [0.25, 0.3) is 0 Å². The Morgan fingerprint density at radius 1 is 1.35 bits per heavy atom. The largest absolute Gasteiger partial charge is 0.492 e. The fraction of sp³-hybridized carbons (Fsp3) is 0.538. The SMILES string of the molecule is CCCOc1c(Cl)cc(COC)cc1CCN. The third-order valence-electron chi connectivity index (χ3n) is 2.36. The van der Waals surface area contributed by atoms with E-state index in [-0.39, 0.29) is 0 Å². The molecule has 0 fully saturated rings. The van der Waals surface area contributed by atoms with E-state index in [1.54, 1.807) is 7.11 Å². The van der Waals surface area contributed by atoms with Gasteiger partial charge in [-0.05, 0) is 42.6 Å². The van der Waals surface area contributed by atoms with Crippen LogP contribution in [-0.2, 0) is 17.8 Å². The topological polar surface area (TPSA) is 44.5 Å². The van der Waals surface area contributed by atoms with Crippen LogP contribution in [0.15, 0.2) is 12.1 Å². The summed E-state index contributed by atoms with van der Waals surface area (Å²) in [6.07, 6.45) is 1.72. The number of ether oxygens (including phenoxy) is 2. The maximum atomic E-state index is 6.22. The molecule has 0 amide bonds. The number of nitrogens with two attached hydrogens (primary N) is 1. The van der Waals surface area contributed by atoms with E-state index in [0.717, 1.165) is 29.7 Å². The molecule has 0 atom stereocenters. The van der Waals surface area contributed by atoms with Crippen molar-refractivity contribution < 1.29 is 9.47 Å². The van der Waals surface area contributed by atoms with Gasteiger partial charge in [0, 0.05) is 7.11 Å². The predicted molar refractivity (Wildman–Crippen MR) is 70.7 cm³/mol. The van der Waals surface area contributed by atoms with Crippen LogP contribution in [-0.4, -0.2) is 20.3 Å². The molecule has 0 aliphatic rings. The fourth-order valence-corrected chi connectivity index (χ4v) is 1.99. The Morgan fingerprint density at radius 2 is 2.12 bits per heavy atom. The molecule has 0 spiro atoms. The second-order valence-corrected chi connectivity index (χ2v) is 4.29. The number of rotatable bonds is 7. The fourth-order valence-electron chi connectivity index (χ4n) is 1.67. The van der Waals surface area contributed by atoms with Crippen molar-refractivity contribution in [3.8, 4) is 5.75 Å². The number of hydrogen-bond donors (Lipinski definition) is 1. The van der Waals surface area contributed by atoms with Crippen molar-refractivity contribution in [3.05, 3.63) is 28.3 Å². The van der Waals surface area contributed by atoms with Gasteiger partial charge in [-0.1, -0.05) is 18.5 Å². The Balaban J connectivity index is 2.99. The molecule has 0 heterocycles. The molecule has 1 rings (SSSR count). The average molecular weight is 258 g/mol. The lowest BCUT2D eigenvalue weighted by Gasteiger charge is -2.14. The highest BCUT2D eigenvalue weighted by Crippen LogP contribution is 2.31. The molecule has 0 saturated heterocycles. The van der Waals surface area contributed by atoms with Gasteiger partial charge >= 0.3 is 0 Å². The Morgan fingerprint density at radius 3 is 2.71 bits per heavy atom.